The highest BCUT2D eigenvalue weighted by molar-refractivity contribution is 5.80. The molecule has 1 saturated heterocycles. The molecule has 8 nitrogen and oxygen atoms in total. The number of hydrogen-bond donors (Lipinski definition) is 4. The lowest BCUT2D eigenvalue weighted by Crippen LogP contribution is -2.48. The number of alkyl carbamates (subject to hydrolysis) is 1. The zero-order chi connectivity index (χ0) is 30.0. The number of benzene rings is 3. The van der Waals surface area contributed by atoms with Crippen LogP contribution in [0.5, 0.6) is 0 Å². The van der Waals surface area contributed by atoms with Gasteiger partial charge in [0.25, 0.3) is 0 Å². The summed E-state index contributed by atoms with van der Waals surface area (Å²) in [5, 5.41) is 28.2. The van der Waals surface area contributed by atoms with Gasteiger partial charge < -0.3 is 30.3 Å². The molecule has 0 bridgehead atoms. The predicted octanol–water partition coefficient (Wildman–Crippen LogP) is 4.36. The zero-order valence-corrected chi connectivity index (χ0v) is 24.2. The van der Waals surface area contributed by atoms with Gasteiger partial charge in [0, 0.05) is 18.8 Å². The number of rotatable bonds is 12. The van der Waals surface area contributed by atoms with E-state index in [9.17, 15) is 19.8 Å². The summed E-state index contributed by atoms with van der Waals surface area (Å²) in [4.78, 5) is 26.6. The lowest BCUT2D eigenvalue weighted by molar-refractivity contribution is -0.127. The van der Waals surface area contributed by atoms with Crippen molar-refractivity contribution in [2.45, 2.75) is 62.5 Å². The maximum atomic E-state index is 13.8. The molecule has 2 aliphatic rings. The molecule has 3 aromatic carbocycles. The molecule has 6 atom stereocenters. The Bertz CT molecular complexity index is 1360. The van der Waals surface area contributed by atoms with E-state index < -0.39 is 36.3 Å². The van der Waals surface area contributed by atoms with E-state index in [2.05, 4.69) is 10.6 Å². The minimum absolute atomic E-state index is 0.0970. The summed E-state index contributed by atoms with van der Waals surface area (Å²) in [5.74, 6) is -0.879. The third-order valence-electron chi connectivity index (χ3n) is 8.16. The zero-order valence-electron chi connectivity index (χ0n) is 24.2. The summed E-state index contributed by atoms with van der Waals surface area (Å²) in [5.41, 5.74) is 3.86. The summed E-state index contributed by atoms with van der Waals surface area (Å²) in [6.45, 7) is 0.896. The normalized spacial score (nSPS) is 21.6. The molecule has 1 aliphatic carbocycles. The fraction of sp³-hybridized carbons (Fsp3) is 0.371. The van der Waals surface area contributed by atoms with Crippen LogP contribution in [-0.2, 0) is 27.1 Å². The highest BCUT2D eigenvalue weighted by atomic mass is 16.6. The van der Waals surface area contributed by atoms with Crippen molar-refractivity contribution in [1.29, 1.82) is 0 Å². The van der Waals surface area contributed by atoms with Crippen molar-refractivity contribution < 1.29 is 29.3 Å². The maximum Gasteiger partial charge on any atom is 0.407 e. The SMILES string of the molecule is O=C(NC(Cc1ccccc1)C(O)CC(C/C=C/c1ccccc1)C(=O)N[C@H]1c2ccccc2C[C@@H]1O)OC1CCOC1. The van der Waals surface area contributed by atoms with Gasteiger partial charge in [0.2, 0.25) is 5.91 Å². The van der Waals surface area contributed by atoms with E-state index in [-0.39, 0.29) is 18.4 Å². The Hall–Kier alpha value is -3.98. The fourth-order valence-corrected chi connectivity index (χ4v) is 5.81. The highest BCUT2D eigenvalue weighted by Crippen LogP contribution is 2.32. The van der Waals surface area contributed by atoms with Crippen molar-refractivity contribution in [3.63, 3.8) is 0 Å². The van der Waals surface area contributed by atoms with Gasteiger partial charge in [0.05, 0.1) is 37.5 Å². The fourth-order valence-electron chi connectivity index (χ4n) is 5.81. The largest absolute Gasteiger partial charge is 0.444 e. The van der Waals surface area contributed by atoms with E-state index in [0.29, 0.717) is 38.9 Å². The van der Waals surface area contributed by atoms with Gasteiger partial charge >= 0.3 is 6.09 Å². The van der Waals surface area contributed by atoms with Crippen molar-refractivity contribution in [2.24, 2.45) is 5.92 Å². The van der Waals surface area contributed by atoms with Gasteiger partial charge in [-0.15, -0.1) is 0 Å². The molecule has 4 unspecified atom stereocenters. The van der Waals surface area contributed by atoms with Crippen LogP contribution in [0.1, 0.15) is 47.6 Å². The molecule has 1 fully saturated rings. The number of aliphatic hydroxyl groups is 2. The molecule has 8 heteroatoms. The minimum Gasteiger partial charge on any atom is -0.444 e. The lowest BCUT2D eigenvalue weighted by Gasteiger charge is -2.28. The Morgan fingerprint density at radius 1 is 1.00 bits per heavy atom. The summed E-state index contributed by atoms with van der Waals surface area (Å²) in [6.07, 6.45) is 3.09. The van der Waals surface area contributed by atoms with Crippen LogP contribution in [0.25, 0.3) is 6.08 Å². The molecule has 43 heavy (non-hydrogen) atoms. The molecule has 1 aliphatic heterocycles. The number of carbonyl (C=O) groups is 2. The molecule has 226 valence electrons. The Morgan fingerprint density at radius 2 is 1.72 bits per heavy atom. The van der Waals surface area contributed by atoms with Crippen LogP contribution in [0.4, 0.5) is 4.79 Å². The molecule has 2 amide bonds. The first-order chi connectivity index (χ1) is 21.0. The average Bonchev–Trinajstić information content (AvgIpc) is 3.64. The minimum atomic E-state index is -1.05. The van der Waals surface area contributed by atoms with E-state index in [4.69, 9.17) is 9.47 Å². The van der Waals surface area contributed by atoms with Gasteiger partial charge in [0.15, 0.2) is 0 Å². The van der Waals surface area contributed by atoms with Crippen LogP contribution in [0, 0.1) is 5.92 Å². The van der Waals surface area contributed by atoms with Gasteiger partial charge in [-0.2, -0.15) is 0 Å². The van der Waals surface area contributed by atoms with Gasteiger partial charge in [-0.05, 0) is 41.5 Å². The van der Waals surface area contributed by atoms with Crippen LogP contribution in [-0.4, -0.2) is 59.8 Å². The number of amides is 2. The Balaban J connectivity index is 1.32. The van der Waals surface area contributed by atoms with E-state index in [1.54, 1.807) is 0 Å². The van der Waals surface area contributed by atoms with E-state index in [0.717, 1.165) is 22.3 Å². The molecule has 1 heterocycles. The maximum absolute atomic E-state index is 13.8. The van der Waals surface area contributed by atoms with Crippen molar-refractivity contribution in [1.82, 2.24) is 10.6 Å². The van der Waals surface area contributed by atoms with Gasteiger partial charge in [-0.3, -0.25) is 4.79 Å². The predicted molar refractivity (Wildman–Crippen MR) is 164 cm³/mol. The number of nitrogens with one attached hydrogen (secondary N) is 2. The molecule has 0 radical (unpaired) electrons. The highest BCUT2D eigenvalue weighted by Gasteiger charge is 2.35. The van der Waals surface area contributed by atoms with E-state index in [1.807, 2.05) is 97.1 Å². The quantitative estimate of drug-likeness (QED) is 0.251. The smallest absolute Gasteiger partial charge is 0.407 e. The number of hydrogen-bond acceptors (Lipinski definition) is 6. The summed E-state index contributed by atoms with van der Waals surface area (Å²) >= 11 is 0. The number of ether oxygens (including phenoxy) is 2. The van der Waals surface area contributed by atoms with Crippen LogP contribution in [0.15, 0.2) is 91.0 Å². The second-order valence-corrected chi connectivity index (χ2v) is 11.3. The number of allylic oxidation sites excluding steroid dienone is 1. The van der Waals surface area contributed by atoms with Crippen molar-refractivity contribution in [3.05, 3.63) is 113 Å². The van der Waals surface area contributed by atoms with Crippen LogP contribution in [0.3, 0.4) is 0 Å². The topological polar surface area (TPSA) is 117 Å². The van der Waals surface area contributed by atoms with Crippen LogP contribution in [0.2, 0.25) is 0 Å². The standard InChI is InChI=1S/C35H40N2O6/c38-31(30(20-25-12-5-2-6-13-25)36-35(41)43-28-18-19-42-23-28)22-27(16-9-14-24-10-3-1-4-11-24)34(40)37-33-29-17-8-7-15-26(29)21-32(33)39/h1-15,17,27-28,30-33,38-39H,16,18-23H2,(H,36,41)(H,37,40)/b14-9+/t27?,28?,30?,31?,32-,33-/m0/s1. The first kappa shape index (κ1) is 30.5. The second-order valence-electron chi connectivity index (χ2n) is 11.3. The number of aliphatic hydroxyl groups excluding tert-OH is 2. The second kappa shape index (κ2) is 15.0. The monoisotopic (exact) mass is 584 g/mol. The van der Waals surface area contributed by atoms with Gasteiger partial charge in [-0.25, -0.2) is 4.79 Å². The molecule has 4 N–H and O–H groups in total. The third-order valence-corrected chi connectivity index (χ3v) is 8.16. The molecule has 0 spiro atoms. The first-order valence-electron chi connectivity index (χ1n) is 15.0. The summed E-state index contributed by atoms with van der Waals surface area (Å²) < 4.78 is 10.8. The molecular weight excluding hydrogens is 544 g/mol. The van der Waals surface area contributed by atoms with Gasteiger partial charge in [0.1, 0.15) is 6.10 Å². The molecular formula is C35H40N2O6. The number of fused-ring (bicyclic) bond motifs is 1. The van der Waals surface area contributed by atoms with Crippen LogP contribution >= 0.6 is 0 Å². The molecule has 5 rings (SSSR count). The molecule has 0 saturated carbocycles. The van der Waals surface area contributed by atoms with Crippen molar-refractivity contribution in [2.75, 3.05) is 13.2 Å². The summed E-state index contributed by atoms with van der Waals surface area (Å²) in [7, 11) is 0. The van der Waals surface area contributed by atoms with Gasteiger partial charge in [-0.1, -0.05) is 97.1 Å². The van der Waals surface area contributed by atoms with E-state index in [1.165, 1.54) is 0 Å². The van der Waals surface area contributed by atoms with Crippen molar-refractivity contribution >= 4 is 18.1 Å². The Labute approximate surface area is 252 Å². The lowest BCUT2D eigenvalue weighted by atomic mass is 9.90. The van der Waals surface area contributed by atoms with Crippen molar-refractivity contribution in [3.8, 4) is 0 Å². The van der Waals surface area contributed by atoms with Crippen LogP contribution < -0.4 is 10.6 Å². The third kappa shape index (κ3) is 8.54. The Morgan fingerprint density at radius 3 is 2.47 bits per heavy atom. The first-order valence-corrected chi connectivity index (χ1v) is 15.0. The summed E-state index contributed by atoms with van der Waals surface area (Å²) in [6, 6.07) is 25.9. The number of carbonyl (C=O) groups excluding carboxylic acids is 2. The Kier molecular flexibility index (Phi) is 10.6. The molecule has 0 aromatic heterocycles. The van der Waals surface area contributed by atoms with E-state index >= 15 is 0 Å². The molecule has 3 aromatic rings. The average molecular weight is 585 g/mol.